The second kappa shape index (κ2) is 7.37. The van der Waals surface area contributed by atoms with Gasteiger partial charge in [0.05, 0.1) is 0 Å². The van der Waals surface area contributed by atoms with Crippen molar-refractivity contribution in [3.8, 4) is 0 Å². The molecule has 3 heteroatoms. The molecule has 0 spiro atoms. The van der Waals surface area contributed by atoms with Gasteiger partial charge in [0.2, 0.25) is 0 Å². The van der Waals surface area contributed by atoms with E-state index in [9.17, 15) is 0 Å². The fourth-order valence-corrected chi connectivity index (χ4v) is 1.96. The smallest absolute Gasteiger partial charge is 0.128 e. The Balaban J connectivity index is 0.000000771. The quantitative estimate of drug-likeness (QED) is 0.803. The van der Waals surface area contributed by atoms with Gasteiger partial charge in [-0.3, -0.25) is 0 Å². The number of hydrogen-bond acceptors (Lipinski definition) is 3. The van der Waals surface area contributed by atoms with Gasteiger partial charge in [-0.25, -0.2) is 4.98 Å². The predicted octanol–water partition coefficient (Wildman–Crippen LogP) is 2.98. The number of anilines is 1. The first-order chi connectivity index (χ1) is 8.66. The summed E-state index contributed by atoms with van der Waals surface area (Å²) >= 11 is 0. The molecule has 1 aliphatic heterocycles. The summed E-state index contributed by atoms with van der Waals surface area (Å²) in [7, 11) is 2.17. The van der Waals surface area contributed by atoms with E-state index in [4.69, 9.17) is 0 Å². The molecule has 2 rings (SSSR count). The lowest BCUT2D eigenvalue weighted by Crippen LogP contribution is -2.44. The summed E-state index contributed by atoms with van der Waals surface area (Å²) in [6.45, 7) is 12.8. The Bertz CT molecular complexity index is 324. The van der Waals surface area contributed by atoms with Gasteiger partial charge in [-0.2, -0.15) is 0 Å². The van der Waals surface area contributed by atoms with E-state index in [-0.39, 0.29) is 0 Å². The molecule has 1 aromatic rings. The molecule has 2 heterocycles. The fourth-order valence-electron chi connectivity index (χ4n) is 1.96. The van der Waals surface area contributed by atoms with Crippen molar-refractivity contribution in [2.45, 2.75) is 33.6 Å². The summed E-state index contributed by atoms with van der Waals surface area (Å²) < 4.78 is 0. The third kappa shape index (κ3) is 3.98. The van der Waals surface area contributed by atoms with Gasteiger partial charge in [0.15, 0.2) is 0 Å². The highest BCUT2D eigenvalue weighted by atomic mass is 15.3. The average molecular weight is 249 g/mol. The highest BCUT2D eigenvalue weighted by Crippen LogP contribution is 2.17. The number of piperazine rings is 1. The summed E-state index contributed by atoms with van der Waals surface area (Å²) in [6, 6.07) is 4.35. The number of nitrogens with zero attached hydrogens (tertiary/aromatic N) is 3. The molecule has 0 N–H and O–H groups in total. The molecule has 3 nitrogen and oxygen atoms in total. The zero-order valence-electron chi connectivity index (χ0n) is 12.5. The topological polar surface area (TPSA) is 19.4 Å². The maximum Gasteiger partial charge on any atom is 0.128 e. The normalized spacial score (nSPS) is 16.4. The molecule has 0 radical (unpaired) electrons. The summed E-state index contributed by atoms with van der Waals surface area (Å²) in [6.07, 6.45) is 2.01. The zero-order chi connectivity index (χ0) is 13.5. The van der Waals surface area contributed by atoms with Crippen LogP contribution in [0.3, 0.4) is 0 Å². The van der Waals surface area contributed by atoms with Crippen molar-refractivity contribution < 1.29 is 0 Å². The van der Waals surface area contributed by atoms with E-state index in [1.807, 2.05) is 20.0 Å². The van der Waals surface area contributed by atoms with E-state index in [1.165, 1.54) is 5.56 Å². The van der Waals surface area contributed by atoms with Gasteiger partial charge in [-0.05, 0) is 24.6 Å². The van der Waals surface area contributed by atoms with Crippen LogP contribution in [0.2, 0.25) is 0 Å². The molecule has 0 amide bonds. The molecule has 0 atom stereocenters. The summed E-state index contributed by atoms with van der Waals surface area (Å²) in [4.78, 5) is 9.28. The van der Waals surface area contributed by atoms with E-state index in [2.05, 4.69) is 47.8 Å². The van der Waals surface area contributed by atoms with E-state index in [1.54, 1.807) is 0 Å². The van der Waals surface area contributed by atoms with Gasteiger partial charge in [-0.1, -0.05) is 33.8 Å². The lowest BCUT2D eigenvalue weighted by molar-refractivity contribution is 0.312. The first-order valence-electron chi connectivity index (χ1n) is 7.06. The van der Waals surface area contributed by atoms with Gasteiger partial charge < -0.3 is 9.80 Å². The highest BCUT2D eigenvalue weighted by molar-refractivity contribution is 5.40. The lowest BCUT2D eigenvalue weighted by Gasteiger charge is -2.33. The highest BCUT2D eigenvalue weighted by Gasteiger charge is 2.14. The van der Waals surface area contributed by atoms with Gasteiger partial charge in [0.1, 0.15) is 5.82 Å². The number of hydrogen-bond donors (Lipinski definition) is 0. The van der Waals surface area contributed by atoms with Crippen LogP contribution in [-0.4, -0.2) is 43.1 Å². The largest absolute Gasteiger partial charge is 0.354 e. The van der Waals surface area contributed by atoms with Gasteiger partial charge in [0.25, 0.3) is 0 Å². The van der Waals surface area contributed by atoms with Crippen LogP contribution in [0.25, 0.3) is 0 Å². The molecular weight excluding hydrogens is 222 g/mol. The Hall–Kier alpha value is -1.09. The first kappa shape index (κ1) is 15.0. The monoisotopic (exact) mass is 249 g/mol. The molecule has 0 bridgehead atoms. The first-order valence-corrected chi connectivity index (χ1v) is 7.06. The number of likely N-dealkylation sites (N-methyl/N-ethyl adjacent to an activating group) is 1. The Morgan fingerprint density at radius 2 is 1.67 bits per heavy atom. The summed E-state index contributed by atoms with van der Waals surface area (Å²) in [5, 5.41) is 0. The Morgan fingerprint density at radius 1 is 1.06 bits per heavy atom. The molecule has 0 unspecified atom stereocenters. The number of aromatic nitrogens is 1. The minimum atomic E-state index is 0.564. The van der Waals surface area contributed by atoms with Crippen LogP contribution in [0.15, 0.2) is 18.3 Å². The van der Waals surface area contributed by atoms with E-state index >= 15 is 0 Å². The fraction of sp³-hybridized carbons (Fsp3) is 0.667. The van der Waals surface area contributed by atoms with Crippen molar-refractivity contribution in [2.24, 2.45) is 0 Å². The molecule has 1 aliphatic rings. The lowest BCUT2D eigenvalue weighted by atomic mass is 10.1. The molecule has 1 saturated heterocycles. The maximum atomic E-state index is 4.56. The van der Waals surface area contributed by atoms with Crippen molar-refractivity contribution >= 4 is 5.82 Å². The second-order valence-electron chi connectivity index (χ2n) is 4.89. The molecular formula is C15H27N3. The molecule has 0 aromatic carbocycles. The second-order valence-corrected chi connectivity index (χ2v) is 4.89. The Kier molecular flexibility index (Phi) is 6.13. The number of rotatable bonds is 2. The zero-order valence-corrected chi connectivity index (χ0v) is 12.5. The van der Waals surface area contributed by atoms with Crippen LogP contribution in [0, 0.1) is 0 Å². The number of pyridine rings is 1. The average Bonchev–Trinajstić information content (AvgIpc) is 2.42. The van der Waals surface area contributed by atoms with Crippen LogP contribution in [0.5, 0.6) is 0 Å². The van der Waals surface area contributed by atoms with E-state index < -0.39 is 0 Å². The Morgan fingerprint density at radius 3 is 2.11 bits per heavy atom. The van der Waals surface area contributed by atoms with Gasteiger partial charge in [-0.15, -0.1) is 0 Å². The summed E-state index contributed by atoms with van der Waals surface area (Å²) in [5.74, 6) is 1.69. The van der Waals surface area contributed by atoms with Crippen LogP contribution < -0.4 is 4.90 Å². The van der Waals surface area contributed by atoms with E-state index in [0.29, 0.717) is 5.92 Å². The van der Waals surface area contributed by atoms with Crippen LogP contribution in [0.1, 0.15) is 39.2 Å². The standard InChI is InChI=1S/C13H21N3.C2H6/c1-11(2)12-4-5-13(14-10-12)16-8-6-15(3)7-9-16;1-2/h4-5,10-11H,6-9H2,1-3H3;1-2H3. The third-order valence-electron chi connectivity index (χ3n) is 3.26. The molecule has 1 fully saturated rings. The van der Waals surface area contributed by atoms with Crippen molar-refractivity contribution in [1.82, 2.24) is 9.88 Å². The van der Waals surface area contributed by atoms with Crippen molar-refractivity contribution in [1.29, 1.82) is 0 Å². The van der Waals surface area contributed by atoms with Crippen molar-refractivity contribution in [3.05, 3.63) is 23.9 Å². The maximum absolute atomic E-state index is 4.56. The minimum absolute atomic E-state index is 0.564. The molecule has 0 saturated carbocycles. The van der Waals surface area contributed by atoms with Gasteiger partial charge in [0, 0.05) is 32.4 Å². The SMILES string of the molecule is CC.CC(C)c1ccc(N2CCN(C)CC2)nc1. The summed E-state index contributed by atoms with van der Waals surface area (Å²) in [5.41, 5.74) is 1.32. The predicted molar refractivity (Wildman–Crippen MR) is 79.4 cm³/mol. The van der Waals surface area contributed by atoms with E-state index in [0.717, 1.165) is 32.0 Å². The third-order valence-corrected chi connectivity index (χ3v) is 3.26. The van der Waals surface area contributed by atoms with Gasteiger partial charge >= 0.3 is 0 Å². The molecule has 18 heavy (non-hydrogen) atoms. The van der Waals surface area contributed by atoms with Crippen LogP contribution in [0.4, 0.5) is 5.82 Å². The molecule has 102 valence electrons. The van der Waals surface area contributed by atoms with Crippen molar-refractivity contribution in [2.75, 3.05) is 38.1 Å². The molecule has 0 aliphatic carbocycles. The minimum Gasteiger partial charge on any atom is -0.354 e. The van der Waals surface area contributed by atoms with Crippen LogP contribution in [-0.2, 0) is 0 Å². The van der Waals surface area contributed by atoms with Crippen LogP contribution >= 0.6 is 0 Å². The van der Waals surface area contributed by atoms with Crippen molar-refractivity contribution in [3.63, 3.8) is 0 Å². The Labute approximate surface area is 112 Å². The molecule has 1 aromatic heterocycles.